The highest BCUT2D eigenvalue weighted by molar-refractivity contribution is 5.88. The minimum Gasteiger partial charge on any atom is -0.311 e. The lowest BCUT2D eigenvalue weighted by molar-refractivity contribution is -0.114. The zero-order valence-electron chi connectivity index (χ0n) is 15.8. The van der Waals surface area contributed by atoms with Gasteiger partial charge in [0.1, 0.15) is 17.8 Å². The Kier molecular flexibility index (Phi) is 4.44. The number of amides is 1. The van der Waals surface area contributed by atoms with E-state index in [1.165, 1.54) is 6.92 Å². The highest BCUT2D eigenvalue weighted by atomic mass is 16.1. The largest absolute Gasteiger partial charge is 0.311 e. The molecule has 3 heterocycles. The normalized spacial score (nSPS) is 10.8. The maximum Gasteiger partial charge on any atom is 0.222 e. The van der Waals surface area contributed by atoms with Gasteiger partial charge >= 0.3 is 0 Å². The van der Waals surface area contributed by atoms with Crippen LogP contribution in [0.1, 0.15) is 18.1 Å². The second kappa shape index (κ2) is 7.07. The van der Waals surface area contributed by atoms with Crippen LogP contribution in [0.5, 0.6) is 0 Å². The Balaban J connectivity index is 1.90. The molecule has 0 bridgehead atoms. The molecule has 1 amide bonds. The molecular weight excluding hydrogens is 354 g/mol. The van der Waals surface area contributed by atoms with Crippen LogP contribution in [0.3, 0.4) is 0 Å². The molecule has 0 saturated heterocycles. The van der Waals surface area contributed by atoms with Crippen LogP contribution in [0.4, 0.5) is 5.82 Å². The number of rotatable bonds is 4. The Labute approximate surface area is 161 Å². The second-order valence-corrected chi connectivity index (χ2v) is 6.51. The van der Waals surface area contributed by atoms with Crippen molar-refractivity contribution in [3.8, 4) is 28.3 Å². The van der Waals surface area contributed by atoms with Crippen LogP contribution in [0.2, 0.25) is 0 Å². The van der Waals surface area contributed by atoms with Gasteiger partial charge in [-0.1, -0.05) is 24.3 Å². The van der Waals surface area contributed by atoms with E-state index in [0.717, 1.165) is 33.6 Å². The standard InChI is InChI=1S/C20H19N7O/c1-12-6-4-5-7-15(12)19-16(20-22-11-23-25-20)10-27(26-19)17-8-18(24-14(3)28)21-9-13(17)2/h4-11H,1-3H3,(H,21,24,28)(H,22,23,25). The number of aromatic nitrogens is 6. The molecule has 4 rings (SSSR count). The Morgan fingerprint density at radius 3 is 2.64 bits per heavy atom. The molecule has 1 aromatic carbocycles. The van der Waals surface area contributed by atoms with E-state index in [2.05, 4.69) is 25.5 Å². The van der Waals surface area contributed by atoms with Crippen molar-refractivity contribution in [2.75, 3.05) is 5.32 Å². The van der Waals surface area contributed by atoms with Crippen LogP contribution < -0.4 is 5.32 Å². The number of hydrogen-bond acceptors (Lipinski definition) is 5. The van der Waals surface area contributed by atoms with E-state index in [-0.39, 0.29) is 5.91 Å². The van der Waals surface area contributed by atoms with Crippen molar-refractivity contribution in [1.82, 2.24) is 29.9 Å². The van der Waals surface area contributed by atoms with Crippen LogP contribution >= 0.6 is 0 Å². The van der Waals surface area contributed by atoms with Gasteiger partial charge in [-0.25, -0.2) is 14.6 Å². The molecule has 0 unspecified atom stereocenters. The number of aryl methyl sites for hydroxylation is 2. The number of nitrogens with zero attached hydrogens (tertiary/aromatic N) is 5. The lowest BCUT2D eigenvalue weighted by Gasteiger charge is -2.08. The third-order valence-corrected chi connectivity index (χ3v) is 4.40. The average Bonchev–Trinajstić information content (AvgIpc) is 3.32. The topological polar surface area (TPSA) is 101 Å². The minimum absolute atomic E-state index is 0.176. The third kappa shape index (κ3) is 3.27. The third-order valence-electron chi connectivity index (χ3n) is 4.40. The summed E-state index contributed by atoms with van der Waals surface area (Å²) < 4.78 is 1.77. The summed E-state index contributed by atoms with van der Waals surface area (Å²) in [5, 5.41) is 14.5. The van der Waals surface area contributed by atoms with Gasteiger partial charge in [-0.3, -0.25) is 9.89 Å². The molecule has 0 atom stereocenters. The molecule has 0 aliphatic heterocycles. The Hall–Kier alpha value is -3.81. The highest BCUT2D eigenvalue weighted by Crippen LogP contribution is 2.32. The lowest BCUT2D eigenvalue weighted by atomic mass is 10.0. The van der Waals surface area contributed by atoms with Gasteiger partial charge in [-0.15, -0.1) is 0 Å². The van der Waals surface area contributed by atoms with E-state index in [0.29, 0.717) is 11.6 Å². The summed E-state index contributed by atoms with van der Waals surface area (Å²) in [6, 6.07) is 9.85. The van der Waals surface area contributed by atoms with E-state index in [1.807, 2.05) is 44.3 Å². The van der Waals surface area contributed by atoms with E-state index < -0.39 is 0 Å². The van der Waals surface area contributed by atoms with E-state index in [1.54, 1.807) is 23.3 Å². The summed E-state index contributed by atoms with van der Waals surface area (Å²) >= 11 is 0. The molecule has 0 radical (unpaired) electrons. The van der Waals surface area contributed by atoms with Gasteiger partial charge in [0, 0.05) is 30.9 Å². The molecular formula is C20H19N7O. The number of H-pyrrole nitrogens is 1. The number of benzene rings is 1. The molecule has 140 valence electrons. The van der Waals surface area contributed by atoms with Crippen LogP contribution in [-0.4, -0.2) is 35.9 Å². The van der Waals surface area contributed by atoms with Crippen LogP contribution in [0.25, 0.3) is 28.3 Å². The summed E-state index contributed by atoms with van der Waals surface area (Å²) in [7, 11) is 0. The Bertz CT molecular complexity index is 1150. The second-order valence-electron chi connectivity index (χ2n) is 6.51. The van der Waals surface area contributed by atoms with Gasteiger partial charge < -0.3 is 5.32 Å². The molecule has 0 aliphatic carbocycles. The average molecular weight is 373 g/mol. The molecule has 8 nitrogen and oxygen atoms in total. The molecule has 4 aromatic rings. The molecule has 2 N–H and O–H groups in total. The molecule has 0 saturated carbocycles. The number of carbonyl (C=O) groups excluding carboxylic acids is 1. The maximum atomic E-state index is 11.4. The van der Waals surface area contributed by atoms with Gasteiger partial charge in [-0.2, -0.15) is 10.2 Å². The number of nitrogens with one attached hydrogen (secondary N) is 2. The van der Waals surface area contributed by atoms with Gasteiger partial charge in [0.2, 0.25) is 5.91 Å². The molecule has 0 spiro atoms. The Morgan fingerprint density at radius 2 is 1.93 bits per heavy atom. The number of aromatic amines is 1. The number of hydrogen-bond donors (Lipinski definition) is 2. The zero-order valence-corrected chi connectivity index (χ0v) is 15.8. The smallest absolute Gasteiger partial charge is 0.222 e. The number of anilines is 1. The SMILES string of the molecule is CC(=O)Nc1cc(-n2cc(-c3nc[nH]n3)c(-c3ccccc3C)n2)c(C)cn1. The Morgan fingerprint density at radius 1 is 1.11 bits per heavy atom. The molecule has 28 heavy (non-hydrogen) atoms. The first-order valence-electron chi connectivity index (χ1n) is 8.79. The van der Waals surface area contributed by atoms with E-state index >= 15 is 0 Å². The lowest BCUT2D eigenvalue weighted by Crippen LogP contribution is -2.09. The number of carbonyl (C=O) groups is 1. The van der Waals surface area contributed by atoms with Crippen molar-refractivity contribution in [2.45, 2.75) is 20.8 Å². The highest BCUT2D eigenvalue weighted by Gasteiger charge is 2.19. The van der Waals surface area contributed by atoms with E-state index in [4.69, 9.17) is 5.10 Å². The first kappa shape index (κ1) is 17.6. The summed E-state index contributed by atoms with van der Waals surface area (Å²) in [6.45, 7) is 5.44. The van der Waals surface area contributed by atoms with Crippen molar-refractivity contribution in [1.29, 1.82) is 0 Å². The minimum atomic E-state index is -0.176. The van der Waals surface area contributed by atoms with Gasteiger partial charge in [0.05, 0.1) is 11.3 Å². The first-order chi connectivity index (χ1) is 13.5. The fraction of sp³-hybridized carbons (Fsp3) is 0.150. The van der Waals surface area contributed by atoms with Gasteiger partial charge in [0.25, 0.3) is 0 Å². The summed E-state index contributed by atoms with van der Waals surface area (Å²) in [5.41, 5.74) is 5.46. The molecule has 8 heteroatoms. The number of pyridine rings is 1. The van der Waals surface area contributed by atoms with Crippen molar-refractivity contribution >= 4 is 11.7 Å². The van der Waals surface area contributed by atoms with Crippen molar-refractivity contribution in [2.24, 2.45) is 0 Å². The molecule has 0 aliphatic rings. The zero-order chi connectivity index (χ0) is 19.7. The summed E-state index contributed by atoms with van der Waals surface area (Å²) in [4.78, 5) is 19.9. The summed E-state index contributed by atoms with van der Waals surface area (Å²) in [5.74, 6) is 0.864. The van der Waals surface area contributed by atoms with Crippen LogP contribution in [0.15, 0.2) is 49.1 Å². The maximum absolute atomic E-state index is 11.4. The first-order valence-corrected chi connectivity index (χ1v) is 8.79. The fourth-order valence-corrected chi connectivity index (χ4v) is 3.05. The monoisotopic (exact) mass is 373 g/mol. The van der Waals surface area contributed by atoms with Crippen molar-refractivity contribution < 1.29 is 4.79 Å². The molecule has 0 fully saturated rings. The predicted molar refractivity (Wildman–Crippen MR) is 106 cm³/mol. The van der Waals surface area contributed by atoms with Crippen molar-refractivity contribution in [3.63, 3.8) is 0 Å². The van der Waals surface area contributed by atoms with Gasteiger partial charge in [-0.05, 0) is 25.0 Å². The molecule has 3 aromatic heterocycles. The summed E-state index contributed by atoms with van der Waals surface area (Å²) in [6.07, 6.45) is 5.15. The van der Waals surface area contributed by atoms with Crippen LogP contribution in [0, 0.1) is 13.8 Å². The fourth-order valence-electron chi connectivity index (χ4n) is 3.05. The quantitative estimate of drug-likeness (QED) is 0.571. The predicted octanol–water partition coefficient (Wildman–Crippen LogP) is 3.29. The van der Waals surface area contributed by atoms with Crippen LogP contribution in [-0.2, 0) is 4.79 Å². The van der Waals surface area contributed by atoms with E-state index in [9.17, 15) is 4.79 Å². The van der Waals surface area contributed by atoms with Gasteiger partial charge in [0.15, 0.2) is 5.82 Å². The van der Waals surface area contributed by atoms with Crippen molar-refractivity contribution in [3.05, 3.63) is 60.2 Å².